The normalized spacial score (nSPS) is 12.7. The predicted octanol–water partition coefficient (Wildman–Crippen LogP) is 4.84. The lowest BCUT2D eigenvalue weighted by Crippen LogP contribution is -2.11. The van der Waals surface area contributed by atoms with Gasteiger partial charge < -0.3 is 4.74 Å². The number of halogens is 1. The summed E-state index contributed by atoms with van der Waals surface area (Å²) in [6.07, 6.45) is 4.54. The number of nitrogens with zero attached hydrogens (tertiary/aromatic N) is 3. The van der Waals surface area contributed by atoms with Crippen molar-refractivity contribution in [1.29, 1.82) is 0 Å². The summed E-state index contributed by atoms with van der Waals surface area (Å²) in [6, 6.07) is 6.98. The van der Waals surface area contributed by atoms with Crippen molar-refractivity contribution in [3.63, 3.8) is 0 Å². The Morgan fingerprint density at radius 3 is 2.72 bits per heavy atom. The predicted molar refractivity (Wildman–Crippen MR) is 98.0 cm³/mol. The van der Waals surface area contributed by atoms with Crippen LogP contribution in [-0.2, 0) is 7.05 Å². The summed E-state index contributed by atoms with van der Waals surface area (Å²) in [4.78, 5) is 4.32. The number of rotatable bonds is 6. The number of hydrogen-bond donors (Lipinski definition) is 0. The van der Waals surface area contributed by atoms with Gasteiger partial charge in [-0.15, -0.1) is 0 Å². The number of aryl methyl sites for hydroxylation is 1. The highest BCUT2D eigenvalue weighted by Crippen LogP contribution is 2.30. The van der Waals surface area contributed by atoms with Crippen LogP contribution in [0.4, 0.5) is 4.39 Å². The molecule has 0 saturated heterocycles. The van der Waals surface area contributed by atoms with Gasteiger partial charge in [0.1, 0.15) is 0 Å². The van der Waals surface area contributed by atoms with Crippen LogP contribution in [0.25, 0.3) is 22.2 Å². The summed E-state index contributed by atoms with van der Waals surface area (Å²) in [5, 5.41) is 5.14. The zero-order valence-corrected chi connectivity index (χ0v) is 15.2. The summed E-state index contributed by atoms with van der Waals surface area (Å²) in [5.74, 6) is 0.965. The molecule has 3 aromatic rings. The summed E-state index contributed by atoms with van der Waals surface area (Å²) in [5.41, 5.74) is 2.48. The van der Waals surface area contributed by atoms with E-state index in [2.05, 4.69) is 30.9 Å². The topological polar surface area (TPSA) is 39.9 Å². The third-order valence-electron chi connectivity index (χ3n) is 4.28. The Labute approximate surface area is 147 Å². The van der Waals surface area contributed by atoms with Crippen LogP contribution in [0.2, 0.25) is 0 Å². The molecule has 0 aliphatic carbocycles. The molecule has 1 atom stereocenters. The van der Waals surface area contributed by atoms with Crippen molar-refractivity contribution in [2.45, 2.75) is 27.2 Å². The van der Waals surface area contributed by atoms with Crippen molar-refractivity contribution in [3.8, 4) is 16.9 Å². The van der Waals surface area contributed by atoms with Crippen molar-refractivity contribution in [2.24, 2.45) is 18.9 Å². The number of aromatic nitrogens is 3. The SMILES string of the molecule is CC(C)CC(C)COc1ccc(-c2ccnc3c2cnn3C)cc1F. The highest BCUT2D eigenvalue weighted by atomic mass is 19.1. The lowest BCUT2D eigenvalue weighted by Gasteiger charge is -2.15. The van der Waals surface area contributed by atoms with E-state index in [0.29, 0.717) is 24.2 Å². The molecule has 2 aromatic heterocycles. The molecule has 3 rings (SSSR count). The van der Waals surface area contributed by atoms with Crippen molar-refractivity contribution in [3.05, 3.63) is 42.5 Å². The van der Waals surface area contributed by atoms with Crippen molar-refractivity contribution < 1.29 is 9.13 Å². The minimum Gasteiger partial charge on any atom is -0.490 e. The van der Waals surface area contributed by atoms with E-state index < -0.39 is 0 Å². The molecule has 0 N–H and O–H groups in total. The monoisotopic (exact) mass is 341 g/mol. The fourth-order valence-corrected chi connectivity index (χ4v) is 3.19. The van der Waals surface area contributed by atoms with Crippen LogP contribution in [0.1, 0.15) is 27.2 Å². The Hall–Kier alpha value is -2.43. The van der Waals surface area contributed by atoms with Crippen molar-refractivity contribution >= 4 is 11.0 Å². The maximum Gasteiger partial charge on any atom is 0.165 e. The number of hydrogen-bond acceptors (Lipinski definition) is 3. The minimum absolute atomic E-state index is 0.302. The van der Waals surface area contributed by atoms with Crippen molar-refractivity contribution in [1.82, 2.24) is 14.8 Å². The average molecular weight is 341 g/mol. The first kappa shape index (κ1) is 17.4. The first-order chi connectivity index (χ1) is 12.0. The fraction of sp³-hybridized carbons (Fsp3) is 0.400. The fourth-order valence-electron chi connectivity index (χ4n) is 3.19. The Balaban J connectivity index is 1.82. The van der Waals surface area contributed by atoms with Crippen LogP contribution in [0.3, 0.4) is 0 Å². The van der Waals surface area contributed by atoms with Crippen LogP contribution in [0.15, 0.2) is 36.7 Å². The van der Waals surface area contributed by atoms with E-state index in [1.54, 1.807) is 23.1 Å². The molecule has 0 aliphatic rings. The molecular weight excluding hydrogens is 317 g/mol. The largest absolute Gasteiger partial charge is 0.490 e. The molecule has 25 heavy (non-hydrogen) atoms. The molecule has 0 spiro atoms. The quantitative estimate of drug-likeness (QED) is 0.644. The van der Waals surface area contributed by atoms with Gasteiger partial charge in [0.15, 0.2) is 17.2 Å². The lowest BCUT2D eigenvalue weighted by atomic mass is 10.00. The minimum atomic E-state index is -0.344. The maximum atomic E-state index is 14.5. The van der Waals surface area contributed by atoms with Gasteiger partial charge in [0.2, 0.25) is 0 Å². The highest BCUT2D eigenvalue weighted by Gasteiger charge is 2.12. The Bertz CT molecular complexity index is 873. The second-order valence-corrected chi connectivity index (χ2v) is 7.05. The van der Waals surface area contributed by atoms with Crippen LogP contribution in [0.5, 0.6) is 5.75 Å². The third kappa shape index (κ3) is 3.81. The van der Waals surface area contributed by atoms with Crippen LogP contribution >= 0.6 is 0 Å². The van der Waals surface area contributed by atoms with Crippen LogP contribution in [0, 0.1) is 17.7 Å². The molecule has 0 aliphatic heterocycles. The maximum absolute atomic E-state index is 14.5. The van der Waals surface area contributed by atoms with Gasteiger partial charge in [-0.25, -0.2) is 9.37 Å². The molecular formula is C20H24FN3O. The molecule has 0 saturated carbocycles. The van der Waals surface area contributed by atoms with E-state index in [4.69, 9.17) is 4.74 Å². The molecule has 1 aromatic carbocycles. The number of ether oxygens (including phenoxy) is 1. The van der Waals surface area contributed by atoms with Gasteiger partial charge in [0, 0.05) is 18.6 Å². The number of fused-ring (bicyclic) bond motifs is 1. The summed E-state index contributed by atoms with van der Waals surface area (Å²) >= 11 is 0. The zero-order valence-electron chi connectivity index (χ0n) is 15.2. The van der Waals surface area contributed by atoms with E-state index in [0.717, 1.165) is 28.6 Å². The average Bonchev–Trinajstić information content (AvgIpc) is 2.94. The summed E-state index contributed by atoms with van der Waals surface area (Å²) in [7, 11) is 1.84. The van der Waals surface area contributed by atoms with E-state index >= 15 is 0 Å². The van der Waals surface area contributed by atoms with Gasteiger partial charge in [-0.3, -0.25) is 4.68 Å². The third-order valence-corrected chi connectivity index (χ3v) is 4.28. The molecule has 0 bridgehead atoms. The number of pyridine rings is 1. The lowest BCUT2D eigenvalue weighted by molar-refractivity contribution is 0.230. The Morgan fingerprint density at radius 1 is 1.20 bits per heavy atom. The molecule has 0 amide bonds. The molecule has 4 nitrogen and oxygen atoms in total. The van der Waals surface area contributed by atoms with Crippen molar-refractivity contribution in [2.75, 3.05) is 6.61 Å². The number of benzene rings is 1. The molecule has 0 radical (unpaired) electrons. The van der Waals surface area contributed by atoms with E-state index in [1.807, 2.05) is 19.2 Å². The second kappa shape index (κ2) is 7.21. The van der Waals surface area contributed by atoms with E-state index in [1.165, 1.54) is 6.07 Å². The van der Waals surface area contributed by atoms with Gasteiger partial charge in [-0.05, 0) is 47.6 Å². The van der Waals surface area contributed by atoms with E-state index in [-0.39, 0.29) is 5.82 Å². The molecule has 132 valence electrons. The summed E-state index contributed by atoms with van der Waals surface area (Å²) < 4.78 is 21.9. The Morgan fingerprint density at radius 2 is 2.00 bits per heavy atom. The zero-order chi connectivity index (χ0) is 18.0. The summed E-state index contributed by atoms with van der Waals surface area (Å²) in [6.45, 7) is 7.01. The molecule has 2 heterocycles. The smallest absolute Gasteiger partial charge is 0.165 e. The van der Waals surface area contributed by atoms with Crippen LogP contribution < -0.4 is 4.74 Å². The highest BCUT2D eigenvalue weighted by molar-refractivity contribution is 5.92. The van der Waals surface area contributed by atoms with Gasteiger partial charge in [0.25, 0.3) is 0 Å². The molecule has 0 fully saturated rings. The van der Waals surface area contributed by atoms with Gasteiger partial charge in [-0.1, -0.05) is 26.8 Å². The van der Waals surface area contributed by atoms with E-state index in [9.17, 15) is 4.39 Å². The Kier molecular flexibility index (Phi) is 5.02. The van der Waals surface area contributed by atoms with Gasteiger partial charge in [-0.2, -0.15) is 5.10 Å². The molecule has 5 heteroatoms. The standard InChI is InChI=1S/C20H24FN3O/c1-13(2)9-14(3)12-25-19-6-5-15(10-18(19)21)16-7-8-22-20-17(16)11-23-24(20)4/h5-8,10-11,13-14H,9,12H2,1-4H3. The van der Waals surface area contributed by atoms with Gasteiger partial charge in [0.05, 0.1) is 12.8 Å². The second-order valence-electron chi connectivity index (χ2n) is 7.05. The van der Waals surface area contributed by atoms with Gasteiger partial charge >= 0.3 is 0 Å². The first-order valence-electron chi connectivity index (χ1n) is 8.65. The molecule has 1 unspecified atom stereocenters. The first-order valence-corrected chi connectivity index (χ1v) is 8.65. The van der Waals surface area contributed by atoms with Crippen LogP contribution in [-0.4, -0.2) is 21.4 Å².